The maximum atomic E-state index is 13.4. The second kappa shape index (κ2) is 5.54. The van der Waals surface area contributed by atoms with Gasteiger partial charge >= 0.3 is 0 Å². The summed E-state index contributed by atoms with van der Waals surface area (Å²) in [4.78, 5) is 18.9. The molecule has 1 amide bonds. The van der Waals surface area contributed by atoms with Gasteiger partial charge in [0, 0.05) is 11.1 Å². The molecule has 2 aromatic carbocycles. The minimum Gasteiger partial charge on any atom is -0.345 e. The van der Waals surface area contributed by atoms with Gasteiger partial charge in [-0.3, -0.25) is 4.79 Å². The average Bonchev–Trinajstić information content (AvgIpc) is 2.96. The molecule has 21 heavy (non-hydrogen) atoms. The number of nitrogens with zero attached hydrogens (tertiary/aromatic N) is 2. The van der Waals surface area contributed by atoms with Crippen LogP contribution in [0.4, 0.5) is 4.39 Å². The first-order valence-corrected chi connectivity index (χ1v) is 6.25. The van der Waals surface area contributed by atoms with Gasteiger partial charge in [-0.05, 0) is 24.3 Å². The molecule has 0 saturated carbocycles. The fourth-order valence-electron chi connectivity index (χ4n) is 1.88. The third-order valence-electron chi connectivity index (χ3n) is 2.96. The van der Waals surface area contributed by atoms with Crippen molar-refractivity contribution in [1.82, 2.24) is 15.4 Å². The summed E-state index contributed by atoms with van der Waals surface area (Å²) in [5, 5.41) is 3.76. The molecule has 0 radical (unpaired) electrons. The van der Waals surface area contributed by atoms with Crippen LogP contribution in [0.3, 0.4) is 0 Å². The Kier molecular flexibility index (Phi) is 3.42. The van der Waals surface area contributed by atoms with Gasteiger partial charge < -0.3 is 4.98 Å². The van der Waals surface area contributed by atoms with Gasteiger partial charge in [0.15, 0.2) is 0 Å². The van der Waals surface area contributed by atoms with E-state index in [9.17, 15) is 9.18 Å². The second-order valence-electron chi connectivity index (χ2n) is 4.36. The number of amides is 1. The van der Waals surface area contributed by atoms with Gasteiger partial charge in [-0.2, -0.15) is 5.10 Å². The summed E-state index contributed by atoms with van der Waals surface area (Å²) >= 11 is 0. The number of carbonyl (C=O) groups is 1. The Morgan fingerprint density at radius 3 is 3.00 bits per heavy atom. The van der Waals surface area contributed by atoms with Crippen molar-refractivity contribution in [2.75, 3.05) is 0 Å². The SMILES string of the molecule is O=C(NN=Cc1ccccc1F)c1ccc2nc[nH]c2c1. The third kappa shape index (κ3) is 2.79. The lowest BCUT2D eigenvalue weighted by Gasteiger charge is -2.00. The molecule has 0 fully saturated rings. The summed E-state index contributed by atoms with van der Waals surface area (Å²) in [6.45, 7) is 0. The van der Waals surface area contributed by atoms with E-state index in [0.717, 1.165) is 11.0 Å². The molecule has 3 aromatic rings. The van der Waals surface area contributed by atoms with Crippen LogP contribution >= 0.6 is 0 Å². The number of imidazole rings is 1. The maximum absolute atomic E-state index is 13.4. The molecule has 1 aromatic heterocycles. The van der Waals surface area contributed by atoms with Crippen LogP contribution in [0.15, 0.2) is 53.9 Å². The van der Waals surface area contributed by atoms with Crippen molar-refractivity contribution < 1.29 is 9.18 Å². The van der Waals surface area contributed by atoms with Gasteiger partial charge in [0.1, 0.15) is 5.82 Å². The van der Waals surface area contributed by atoms with E-state index in [1.54, 1.807) is 42.7 Å². The van der Waals surface area contributed by atoms with Crippen molar-refractivity contribution in [1.29, 1.82) is 0 Å². The summed E-state index contributed by atoms with van der Waals surface area (Å²) in [6.07, 6.45) is 2.82. The van der Waals surface area contributed by atoms with E-state index < -0.39 is 5.82 Å². The van der Waals surface area contributed by atoms with E-state index in [1.807, 2.05) is 0 Å². The normalized spacial score (nSPS) is 11.1. The van der Waals surface area contributed by atoms with Crippen molar-refractivity contribution >= 4 is 23.2 Å². The molecule has 6 heteroatoms. The summed E-state index contributed by atoms with van der Waals surface area (Å²) in [7, 11) is 0. The number of nitrogens with one attached hydrogen (secondary N) is 2. The predicted octanol–water partition coefficient (Wildman–Crippen LogP) is 2.47. The average molecular weight is 282 g/mol. The largest absolute Gasteiger partial charge is 0.345 e. The Bertz CT molecular complexity index is 825. The van der Waals surface area contributed by atoms with E-state index in [4.69, 9.17) is 0 Å². The molecule has 0 aliphatic carbocycles. The number of hydrazone groups is 1. The Balaban J connectivity index is 1.73. The molecular formula is C15H11FN4O. The zero-order chi connectivity index (χ0) is 14.7. The van der Waals surface area contributed by atoms with E-state index in [-0.39, 0.29) is 5.91 Å². The number of hydrogen-bond donors (Lipinski definition) is 2. The fourth-order valence-corrected chi connectivity index (χ4v) is 1.88. The van der Waals surface area contributed by atoms with Crippen LogP contribution in [0.1, 0.15) is 15.9 Å². The van der Waals surface area contributed by atoms with Gasteiger partial charge in [0.05, 0.1) is 23.6 Å². The third-order valence-corrected chi connectivity index (χ3v) is 2.96. The number of hydrogen-bond acceptors (Lipinski definition) is 3. The minimum atomic E-state index is -0.394. The Morgan fingerprint density at radius 2 is 2.14 bits per heavy atom. The monoisotopic (exact) mass is 282 g/mol. The molecule has 0 spiro atoms. The van der Waals surface area contributed by atoms with Gasteiger partial charge in [0.2, 0.25) is 0 Å². The molecule has 2 N–H and O–H groups in total. The van der Waals surface area contributed by atoms with E-state index in [1.165, 1.54) is 12.3 Å². The standard InChI is InChI=1S/C15H11FN4O/c16-12-4-2-1-3-11(12)8-19-20-15(21)10-5-6-13-14(7-10)18-9-17-13/h1-9H,(H,17,18)(H,20,21). The highest BCUT2D eigenvalue weighted by Gasteiger charge is 2.06. The summed E-state index contributed by atoms with van der Waals surface area (Å²) in [5.41, 5.74) is 4.65. The number of H-pyrrole nitrogens is 1. The van der Waals surface area contributed by atoms with Crippen molar-refractivity contribution in [2.24, 2.45) is 5.10 Å². The number of rotatable bonds is 3. The van der Waals surface area contributed by atoms with E-state index in [0.29, 0.717) is 11.1 Å². The van der Waals surface area contributed by atoms with Gasteiger partial charge in [-0.15, -0.1) is 0 Å². The maximum Gasteiger partial charge on any atom is 0.271 e. The topological polar surface area (TPSA) is 70.1 Å². The molecule has 1 heterocycles. The highest BCUT2D eigenvalue weighted by molar-refractivity contribution is 5.97. The number of fused-ring (bicyclic) bond motifs is 1. The summed E-state index contributed by atoms with van der Waals surface area (Å²) < 4.78 is 13.4. The molecular weight excluding hydrogens is 271 g/mol. The lowest BCUT2D eigenvalue weighted by Crippen LogP contribution is -2.17. The van der Waals surface area contributed by atoms with Gasteiger partial charge in [-0.1, -0.05) is 18.2 Å². The van der Waals surface area contributed by atoms with Crippen LogP contribution in [-0.2, 0) is 0 Å². The van der Waals surface area contributed by atoms with Gasteiger partial charge in [0.25, 0.3) is 5.91 Å². The Morgan fingerprint density at radius 1 is 1.29 bits per heavy atom. The molecule has 3 rings (SSSR count). The zero-order valence-electron chi connectivity index (χ0n) is 10.9. The zero-order valence-corrected chi connectivity index (χ0v) is 10.9. The van der Waals surface area contributed by atoms with Crippen molar-refractivity contribution in [3.8, 4) is 0 Å². The quantitative estimate of drug-likeness (QED) is 0.572. The minimum absolute atomic E-state index is 0.307. The van der Waals surface area contributed by atoms with Crippen LogP contribution < -0.4 is 5.43 Å². The van der Waals surface area contributed by atoms with Crippen LogP contribution in [0.25, 0.3) is 11.0 Å². The van der Waals surface area contributed by atoms with Crippen molar-refractivity contribution in [3.63, 3.8) is 0 Å². The van der Waals surface area contributed by atoms with E-state index in [2.05, 4.69) is 20.5 Å². The molecule has 0 bridgehead atoms. The number of aromatic nitrogens is 2. The van der Waals surface area contributed by atoms with Crippen molar-refractivity contribution in [3.05, 3.63) is 65.7 Å². The number of benzene rings is 2. The first-order chi connectivity index (χ1) is 10.2. The highest BCUT2D eigenvalue weighted by Crippen LogP contribution is 2.11. The van der Waals surface area contributed by atoms with Crippen LogP contribution in [0.5, 0.6) is 0 Å². The number of carbonyl (C=O) groups excluding carboxylic acids is 1. The molecule has 0 aliphatic rings. The predicted molar refractivity (Wildman–Crippen MR) is 77.6 cm³/mol. The number of halogens is 1. The lowest BCUT2D eigenvalue weighted by atomic mass is 10.2. The van der Waals surface area contributed by atoms with Crippen molar-refractivity contribution in [2.45, 2.75) is 0 Å². The molecule has 0 unspecified atom stereocenters. The highest BCUT2D eigenvalue weighted by atomic mass is 19.1. The first kappa shape index (κ1) is 13.0. The molecule has 5 nitrogen and oxygen atoms in total. The molecule has 0 aliphatic heterocycles. The second-order valence-corrected chi connectivity index (χ2v) is 4.36. The molecule has 0 saturated heterocycles. The van der Waals surface area contributed by atoms with Crippen LogP contribution in [0.2, 0.25) is 0 Å². The smallest absolute Gasteiger partial charge is 0.271 e. The van der Waals surface area contributed by atoms with Gasteiger partial charge in [-0.25, -0.2) is 14.8 Å². The Hall–Kier alpha value is -3.02. The lowest BCUT2D eigenvalue weighted by molar-refractivity contribution is 0.0955. The first-order valence-electron chi connectivity index (χ1n) is 6.25. The van der Waals surface area contributed by atoms with Crippen LogP contribution in [-0.4, -0.2) is 22.1 Å². The summed E-state index contributed by atoms with van der Waals surface area (Å²) in [5.74, 6) is -0.770. The van der Waals surface area contributed by atoms with E-state index >= 15 is 0 Å². The molecule has 104 valence electrons. The molecule has 0 atom stereocenters. The summed E-state index contributed by atoms with van der Waals surface area (Å²) in [6, 6.07) is 11.2. The van der Waals surface area contributed by atoms with Crippen LogP contribution in [0, 0.1) is 5.82 Å². The Labute approximate surface area is 119 Å². The fraction of sp³-hybridized carbons (Fsp3) is 0. The number of aromatic amines is 1.